The van der Waals surface area contributed by atoms with Gasteiger partial charge in [-0.2, -0.15) is 0 Å². The van der Waals surface area contributed by atoms with Crippen LogP contribution in [0.15, 0.2) is 0 Å². The van der Waals surface area contributed by atoms with Crippen LogP contribution in [0.5, 0.6) is 0 Å². The molecular weight excluding hydrogens is 194 g/mol. The van der Waals surface area contributed by atoms with Crippen molar-refractivity contribution in [2.75, 3.05) is 26.8 Å². The lowest BCUT2D eigenvalue weighted by Gasteiger charge is -2.40. The highest BCUT2D eigenvalue weighted by Gasteiger charge is 2.33. The van der Waals surface area contributed by atoms with Crippen LogP contribution >= 0.6 is 0 Å². The van der Waals surface area contributed by atoms with E-state index in [1.165, 1.54) is 6.42 Å². The van der Waals surface area contributed by atoms with E-state index in [-0.39, 0.29) is 12.0 Å². The van der Waals surface area contributed by atoms with Crippen molar-refractivity contribution in [1.29, 1.82) is 0 Å². The second-order valence-corrected chi connectivity index (χ2v) is 5.05. The topological polar surface area (TPSA) is 49.8 Å². The normalized spacial score (nSPS) is 23.7. The summed E-state index contributed by atoms with van der Waals surface area (Å²) < 4.78 is 4.96. The molecule has 0 aromatic rings. The highest BCUT2D eigenvalue weighted by molar-refractivity contribution is 5.73. The van der Waals surface area contributed by atoms with Gasteiger partial charge in [-0.3, -0.25) is 9.69 Å². The molecule has 0 aromatic carbocycles. The van der Waals surface area contributed by atoms with Gasteiger partial charge in [0.2, 0.25) is 0 Å². The number of carbonyl (C=O) groups is 1. The first-order chi connectivity index (χ1) is 6.96. The minimum absolute atomic E-state index is 0.222. The molecule has 1 heterocycles. The van der Waals surface area contributed by atoms with E-state index in [9.17, 15) is 4.79 Å². The fourth-order valence-electron chi connectivity index (χ4n) is 2.23. The van der Waals surface area contributed by atoms with Crippen LogP contribution in [0.2, 0.25) is 0 Å². The molecule has 0 radical (unpaired) electrons. The van der Waals surface area contributed by atoms with E-state index in [4.69, 9.17) is 9.84 Å². The average Bonchev–Trinajstić information content (AvgIpc) is 2.11. The van der Waals surface area contributed by atoms with E-state index in [1.807, 2.05) is 4.90 Å². The van der Waals surface area contributed by atoms with E-state index in [2.05, 4.69) is 13.8 Å². The molecule has 0 bridgehead atoms. The number of likely N-dealkylation sites (tertiary alicyclic amines) is 1. The maximum atomic E-state index is 11.1. The summed E-state index contributed by atoms with van der Waals surface area (Å²) in [6, 6.07) is -0.491. The molecule has 1 rings (SSSR count). The van der Waals surface area contributed by atoms with Gasteiger partial charge in [0.25, 0.3) is 0 Å². The summed E-state index contributed by atoms with van der Waals surface area (Å²) in [6.45, 7) is 6.35. The number of hydrogen-bond acceptors (Lipinski definition) is 3. The standard InChI is InChI=1S/C11H21NO3/c1-11(2)5-4-6-12(8-11)9(7-15-3)10(13)14/h9H,4-8H2,1-3H3,(H,13,14). The number of carboxylic acids is 1. The molecule has 1 saturated heterocycles. The van der Waals surface area contributed by atoms with Gasteiger partial charge in [0.15, 0.2) is 0 Å². The Bertz CT molecular complexity index is 228. The van der Waals surface area contributed by atoms with Gasteiger partial charge in [-0.15, -0.1) is 0 Å². The minimum atomic E-state index is -0.783. The highest BCUT2D eigenvalue weighted by Crippen LogP contribution is 2.29. The van der Waals surface area contributed by atoms with Crippen molar-refractivity contribution in [2.24, 2.45) is 5.41 Å². The van der Waals surface area contributed by atoms with E-state index in [1.54, 1.807) is 7.11 Å². The maximum Gasteiger partial charge on any atom is 0.323 e. The van der Waals surface area contributed by atoms with E-state index < -0.39 is 12.0 Å². The van der Waals surface area contributed by atoms with Crippen LogP contribution in [0.1, 0.15) is 26.7 Å². The fourth-order valence-corrected chi connectivity index (χ4v) is 2.23. The molecule has 1 aliphatic rings. The number of hydrogen-bond donors (Lipinski definition) is 1. The zero-order valence-corrected chi connectivity index (χ0v) is 9.82. The van der Waals surface area contributed by atoms with Crippen molar-refractivity contribution in [3.8, 4) is 0 Å². The minimum Gasteiger partial charge on any atom is -0.480 e. The second-order valence-electron chi connectivity index (χ2n) is 5.05. The van der Waals surface area contributed by atoms with Crippen LogP contribution in [0, 0.1) is 5.41 Å². The average molecular weight is 215 g/mol. The summed E-state index contributed by atoms with van der Waals surface area (Å²) in [5.41, 5.74) is 0.222. The fraction of sp³-hybridized carbons (Fsp3) is 0.909. The predicted molar refractivity (Wildman–Crippen MR) is 57.9 cm³/mol. The predicted octanol–water partition coefficient (Wildman–Crippen LogP) is 1.21. The Morgan fingerprint density at radius 3 is 2.73 bits per heavy atom. The lowest BCUT2D eigenvalue weighted by molar-refractivity contribution is -0.146. The Kier molecular flexibility index (Phi) is 4.11. The van der Waals surface area contributed by atoms with E-state index in [0.29, 0.717) is 0 Å². The van der Waals surface area contributed by atoms with Crippen LogP contribution in [0.25, 0.3) is 0 Å². The van der Waals surface area contributed by atoms with Crippen LogP contribution < -0.4 is 0 Å². The first-order valence-corrected chi connectivity index (χ1v) is 5.42. The van der Waals surface area contributed by atoms with Crippen LogP contribution in [-0.4, -0.2) is 48.8 Å². The molecule has 0 amide bonds. The van der Waals surface area contributed by atoms with E-state index >= 15 is 0 Å². The number of piperidine rings is 1. The number of carboxylic acid groups (broad SMARTS) is 1. The smallest absolute Gasteiger partial charge is 0.323 e. The molecule has 0 saturated carbocycles. The van der Waals surface area contributed by atoms with Gasteiger partial charge in [0.05, 0.1) is 6.61 Å². The summed E-state index contributed by atoms with van der Waals surface area (Å²) in [4.78, 5) is 13.1. The van der Waals surface area contributed by atoms with Gasteiger partial charge in [-0.05, 0) is 24.8 Å². The molecule has 4 heteroatoms. The maximum absolute atomic E-state index is 11.1. The zero-order valence-electron chi connectivity index (χ0n) is 9.82. The molecule has 4 nitrogen and oxygen atoms in total. The molecule has 1 fully saturated rings. The molecule has 1 unspecified atom stereocenters. The molecule has 88 valence electrons. The van der Waals surface area contributed by atoms with Gasteiger partial charge in [-0.25, -0.2) is 0 Å². The number of ether oxygens (including phenoxy) is 1. The van der Waals surface area contributed by atoms with Crippen LogP contribution in [0.3, 0.4) is 0 Å². The Morgan fingerprint density at radius 2 is 2.27 bits per heavy atom. The second kappa shape index (κ2) is 4.94. The largest absolute Gasteiger partial charge is 0.480 e. The quantitative estimate of drug-likeness (QED) is 0.765. The number of methoxy groups -OCH3 is 1. The lowest BCUT2D eigenvalue weighted by Crippen LogP contribution is -2.51. The summed E-state index contributed by atoms with van der Waals surface area (Å²) in [6.07, 6.45) is 2.24. The van der Waals surface area contributed by atoms with E-state index in [0.717, 1.165) is 19.5 Å². The van der Waals surface area contributed by atoms with Crippen molar-refractivity contribution in [3.05, 3.63) is 0 Å². The van der Waals surface area contributed by atoms with Gasteiger partial charge in [0, 0.05) is 13.7 Å². The number of aliphatic carboxylic acids is 1. The Morgan fingerprint density at radius 1 is 1.60 bits per heavy atom. The number of rotatable bonds is 4. The third kappa shape index (κ3) is 3.47. The van der Waals surface area contributed by atoms with Crippen molar-refractivity contribution in [2.45, 2.75) is 32.7 Å². The molecule has 1 atom stereocenters. The third-order valence-corrected chi connectivity index (χ3v) is 2.98. The Labute approximate surface area is 91.2 Å². The Balaban J connectivity index is 2.63. The summed E-state index contributed by atoms with van der Waals surface area (Å²) in [5, 5.41) is 9.11. The highest BCUT2D eigenvalue weighted by atomic mass is 16.5. The summed E-state index contributed by atoms with van der Waals surface area (Å²) in [5.74, 6) is -0.783. The van der Waals surface area contributed by atoms with Gasteiger partial charge in [0.1, 0.15) is 6.04 Å². The number of nitrogens with zero attached hydrogens (tertiary/aromatic N) is 1. The lowest BCUT2D eigenvalue weighted by atomic mass is 9.83. The molecule has 1 aliphatic heterocycles. The summed E-state index contributed by atoms with van der Waals surface area (Å²) >= 11 is 0. The first kappa shape index (κ1) is 12.5. The first-order valence-electron chi connectivity index (χ1n) is 5.42. The van der Waals surface area contributed by atoms with Gasteiger partial charge in [-0.1, -0.05) is 13.8 Å². The molecule has 1 N–H and O–H groups in total. The molecule has 0 aromatic heterocycles. The van der Waals surface area contributed by atoms with Crippen molar-refractivity contribution in [3.63, 3.8) is 0 Å². The molecule has 15 heavy (non-hydrogen) atoms. The summed E-state index contributed by atoms with van der Waals surface area (Å²) in [7, 11) is 1.55. The SMILES string of the molecule is COCC(C(=O)O)N1CCCC(C)(C)C1. The monoisotopic (exact) mass is 215 g/mol. The van der Waals surface area contributed by atoms with Crippen molar-refractivity contribution >= 4 is 5.97 Å². The van der Waals surface area contributed by atoms with Gasteiger partial charge < -0.3 is 9.84 Å². The zero-order chi connectivity index (χ0) is 11.5. The molecule has 0 aliphatic carbocycles. The molecule has 0 spiro atoms. The van der Waals surface area contributed by atoms with Crippen molar-refractivity contribution in [1.82, 2.24) is 4.90 Å². The Hall–Kier alpha value is -0.610. The van der Waals surface area contributed by atoms with Gasteiger partial charge >= 0.3 is 5.97 Å². The van der Waals surface area contributed by atoms with Crippen LogP contribution in [0.4, 0.5) is 0 Å². The van der Waals surface area contributed by atoms with Crippen LogP contribution in [-0.2, 0) is 9.53 Å². The molecular formula is C11H21NO3. The van der Waals surface area contributed by atoms with Crippen molar-refractivity contribution < 1.29 is 14.6 Å². The third-order valence-electron chi connectivity index (χ3n) is 2.98.